The molecule has 3 N–H and O–H groups in total. The van der Waals surface area contributed by atoms with Gasteiger partial charge in [-0.05, 0) is 25.5 Å². The first-order valence-electron chi connectivity index (χ1n) is 3.20. The van der Waals surface area contributed by atoms with Crippen LogP contribution in [0.2, 0.25) is 0 Å². The Hall–Kier alpha value is -1.12. The van der Waals surface area contributed by atoms with Gasteiger partial charge in [-0.1, -0.05) is 6.92 Å². The molecule has 3 nitrogen and oxygen atoms in total. The Balaban J connectivity index is 3.88. The summed E-state index contributed by atoms with van der Waals surface area (Å²) < 4.78 is 0. The molecule has 0 saturated heterocycles. The fraction of sp³-hybridized carbons (Fsp3) is 0.429. The van der Waals surface area contributed by atoms with Crippen molar-refractivity contribution >= 4 is 11.4 Å². The molecule has 0 fully saturated rings. The molecule has 0 amide bonds. The second kappa shape index (κ2) is 4.73. The van der Waals surface area contributed by atoms with Gasteiger partial charge in [0.2, 0.25) is 0 Å². The zero-order valence-electron chi connectivity index (χ0n) is 6.39. The highest BCUT2D eigenvalue weighted by molar-refractivity contribution is 6.01. The Labute approximate surface area is 61.1 Å². The maximum Gasteiger partial charge on any atom is 0.0570 e. The SMILES string of the molecule is CCC(=N)C=CC(C)=NN. The Kier molecular flexibility index (Phi) is 4.20. The van der Waals surface area contributed by atoms with Crippen LogP contribution in [0.1, 0.15) is 20.3 Å². The van der Waals surface area contributed by atoms with Crippen molar-refractivity contribution in [3.05, 3.63) is 12.2 Å². The van der Waals surface area contributed by atoms with E-state index >= 15 is 0 Å². The third-order valence-electron chi connectivity index (χ3n) is 1.11. The van der Waals surface area contributed by atoms with E-state index in [-0.39, 0.29) is 0 Å². The van der Waals surface area contributed by atoms with E-state index in [9.17, 15) is 0 Å². The van der Waals surface area contributed by atoms with Gasteiger partial charge in [0.15, 0.2) is 0 Å². The lowest BCUT2D eigenvalue weighted by Gasteiger charge is -1.88. The molecule has 0 aliphatic heterocycles. The van der Waals surface area contributed by atoms with Crippen LogP contribution in [0.5, 0.6) is 0 Å². The number of allylic oxidation sites excluding steroid dienone is 2. The van der Waals surface area contributed by atoms with Crippen molar-refractivity contribution in [3.63, 3.8) is 0 Å². The monoisotopic (exact) mass is 139 g/mol. The molecule has 0 aromatic heterocycles. The van der Waals surface area contributed by atoms with Crippen molar-refractivity contribution in [2.24, 2.45) is 10.9 Å². The fourth-order valence-electron chi connectivity index (χ4n) is 0.382. The first-order chi connectivity index (χ1) is 4.70. The van der Waals surface area contributed by atoms with Crippen molar-refractivity contribution in [1.82, 2.24) is 0 Å². The van der Waals surface area contributed by atoms with Crippen molar-refractivity contribution in [2.45, 2.75) is 20.3 Å². The number of nitrogens with two attached hydrogens (primary N) is 1. The van der Waals surface area contributed by atoms with Crippen LogP contribution >= 0.6 is 0 Å². The Morgan fingerprint density at radius 3 is 2.60 bits per heavy atom. The van der Waals surface area contributed by atoms with Gasteiger partial charge in [0.25, 0.3) is 0 Å². The van der Waals surface area contributed by atoms with E-state index in [0.29, 0.717) is 5.71 Å². The van der Waals surface area contributed by atoms with Gasteiger partial charge in [-0.25, -0.2) is 0 Å². The molecular weight excluding hydrogens is 126 g/mol. The molecule has 0 unspecified atom stereocenters. The van der Waals surface area contributed by atoms with Crippen LogP contribution in [0.15, 0.2) is 17.3 Å². The van der Waals surface area contributed by atoms with Gasteiger partial charge in [0, 0.05) is 5.71 Å². The topological polar surface area (TPSA) is 62.2 Å². The number of hydrogen-bond acceptors (Lipinski definition) is 3. The molecule has 10 heavy (non-hydrogen) atoms. The van der Waals surface area contributed by atoms with Crippen molar-refractivity contribution < 1.29 is 0 Å². The van der Waals surface area contributed by atoms with Crippen LogP contribution in [0.25, 0.3) is 0 Å². The predicted molar refractivity (Wildman–Crippen MR) is 44.5 cm³/mol. The summed E-state index contributed by atoms with van der Waals surface area (Å²) in [4.78, 5) is 0. The van der Waals surface area contributed by atoms with Gasteiger partial charge in [-0.2, -0.15) is 5.10 Å². The normalized spacial score (nSPS) is 12.4. The zero-order chi connectivity index (χ0) is 7.98. The van der Waals surface area contributed by atoms with Gasteiger partial charge < -0.3 is 11.3 Å². The highest BCUT2D eigenvalue weighted by Crippen LogP contribution is 1.85. The second-order valence-corrected chi connectivity index (χ2v) is 1.98. The average Bonchev–Trinajstić information content (AvgIpc) is 1.99. The smallest absolute Gasteiger partial charge is 0.0570 e. The summed E-state index contributed by atoms with van der Waals surface area (Å²) in [5, 5.41) is 10.7. The largest absolute Gasteiger partial charge is 0.323 e. The predicted octanol–water partition coefficient (Wildman–Crippen LogP) is 1.31. The third-order valence-corrected chi connectivity index (χ3v) is 1.11. The molecule has 0 aliphatic rings. The highest BCUT2D eigenvalue weighted by Gasteiger charge is 1.84. The van der Waals surface area contributed by atoms with Crippen LogP contribution < -0.4 is 5.84 Å². The molecule has 3 heteroatoms. The summed E-state index contributed by atoms with van der Waals surface area (Å²) in [6.07, 6.45) is 4.17. The first-order valence-corrected chi connectivity index (χ1v) is 3.20. The molecule has 0 heterocycles. The zero-order valence-corrected chi connectivity index (χ0v) is 6.39. The molecule has 0 saturated carbocycles. The summed E-state index contributed by atoms with van der Waals surface area (Å²) in [6, 6.07) is 0. The molecule has 0 aromatic carbocycles. The Morgan fingerprint density at radius 1 is 1.60 bits per heavy atom. The Bertz CT molecular complexity index is 168. The van der Waals surface area contributed by atoms with Gasteiger partial charge in [-0.3, -0.25) is 0 Å². The molecule has 0 rings (SSSR count). The lowest BCUT2D eigenvalue weighted by Crippen LogP contribution is -1.93. The minimum absolute atomic E-state index is 0.586. The lowest BCUT2D eigenvalue weighted by atomic mass is 10.2. The number of hydrazone groups is 1. The van der Waals surface area contributed by atoms with E-state index in [0.717, 1.165) is 12.1 Å². The average molecular weight is 139 g/mol. The van der Waals surface area contributed by atoms with Crippen molar-refractivity contribution in [3.8, 4) is 0 Å². The van der Waals surface area contributed by atoms with E-state index < -0.39 is 0 Å². The summed E-state index contributed by atoms with van der Waals surface area (Å²) in [5.74, 6) is 4.97. The van der Waals surface area contributed by atoms with E-state index in [2.05, 4.69) is 5.10 Å². The van der Waals surface area contributed by atoms with Crippen LogP contribution in [-0.2, 0) is 0 Å². The quantitative estimate of drug-likeness (QED) is 0.345. The van der Waals surface area contributed by atoms with E-state index in [4.69, 9.17) is 11.3 Å². The molecule has 0 radical (unpaired) electrons. The van der Waals surface area contributed by atoms with E-state index in [1.807, 2.05) is 6.92 Å². The van der Waals surface area contributed by atoms with Gasteiger partial charge in [0.1, 0.15) is 0 Å². The van der Waals surface area contributed by atoms with Gasteiger partial charge >= 0.3 is 0 Å². The van der Waals surface area contributed by atoms with Gasteiger partial charge in [-0.15, -0.1) is 0 Å². The summed E-state index contributed by atoms with van der Waals surface area (Å²) in [6.45, 7) is 3.72. The number of hydrogen-bond donors (Lipinski definition) is 2. The van der Waals surface area contributed by atoms with E-state index in [1.54, 1.807) is 19.1 Å². The molecule has 0 atom stereocenters. The third kappa shape index (κ3) is 3.83. The van der Waals surface area contributed by atoms with Crippen LogP contribution in [-0.4, -0.2) is 11.4 Å². The standard InChI is InChI=1S/C7H13N3/c1-3-7(8)5-4-6(2)10-9/h4-5,8H,3,9H2,1-2H3. The maximum atomic E-state index is 7.22. The van der Waals surface area contributed by atoms with Crippen LogP contribution in [0, 0.1) is 5.41 Å². The number of nitrogens with one attached hydrogen (secondary N) is 1. The summed E-state index contributed by atoms with van der Waals surface area (Å²) in [7, 11) is 0. The number of rotatable bonds is 3. The van der Waals surface area contributed by atoms with Crippen LogP contribution in [0.4, 0.5) is 0 Å². The van der Waals surface area contributed by atoms with Crippen molar-refractivity contribution in [2.75, 3.05) is 0 Å². The van der Waals surface area contributed by atoms with E-state index in [1.165, 1.54) is 0 Å². The first kappa shape index (κ1) is 8.88. The minimum atomic E-state index is 0.586. The maximum absolute atomic E-state index is 7.22. The molecule has 0 aromatic rings. The summed E-state index contributed by atoms with van der Waals surface area (Å²) >= 11 is 0. The molecular formula is C7H13N3. The molecule has 0 bridgehead atoms. The molecule has 0 aliphatic carbocycles. The summed E-state index contributed by atoms with van der Waals surface area (Å²) in [5.41, 5.74) is 1.32. The van der Waals surface area contributed by atoms with Crippen molar-refractivity contribution in [1.29, 1.82) is 5.41 Å². The fourth-order valence-corrected chi connectivity index (χ4v) is 0.382. The van der Waals surface area contributed by atoms with Gasteiger partial charge in [0.05, 0.1) is 5.71 Å². The lowest BCUT2D eigenvalue weighted by molar-refractivity contribution is 1.24. The minimum Gasteiger partial charge on any atom is -0.323 e. The highest BCUT2D eigenvalue weighted by atomic mass is 15.1. The Morgan fingerprint density at radius 2 is 2.20 bits per heavy atom. The van der Waals surface area contributed by atoms with Crippen LogP contribution in [0.3, 0.4) is 0 Å². The number of nitrogens with zero attached hydrogens (tertiary/aromatic N) is 1. The molecule has 56 valence electrons. The second-order valence-electron chi connectivity index (χ2n) is 1.98. The molecule has 0 spiro atoms.